The van der Waals surface area contributed by atoms with Crippen molar-refractivity contribution in [3.8, 4) is 0 Å². The van der Waals surface area contributed by atoms with Gasteiger partial charge in [-0.25, -0.2) is 0 Å². The number of hydrogen-bond donors (Lipinski definition) is 1. The molecule has 0 aliphatic rings. The van der Waals surface area contributed by atoms with Gasteiger partial charge in [0.2, 0.25) is 0 Å². The molecule has 1 aromatic heterocycles. The van der Waals surface area contributed by atoms with Gasteiger partial charge in [-0.3, -0.25) is 0 Å². The Hall–Kier alpha value is -0.480. The summed E-state index contributed by atoms with van der Waals surface area (Å²) in [6, 6.07) is 0. The van der Waals surface area contributed by atoms with E-state index in [-0.39, 0.29) is 0 Å². The van der Waals surface area contributed by atoms with Gasteiger partial charge in [0.1, 0.15) is 10.0 Å². The van der Waals surface area contributed by atoms with Crippen LogP contribution < -0.4 is 5.32 Å². The molecule has 0 saturated heterocycles. The number of aryl methyl sites for hydroxylation is 2. The lowest BCUT2D eigenvalue weighted by atomic mass is 10.2. The van der Waals surface area contributed by atoms with E-state index in [1.807, 2.05) is 0 Å². The molecule has 0 amide bonds. The summed E-state index contributed by atoms with van der Waals surface area (Å²) in [6.45, 7) is 6.52. The Morgan fingerprint density at radius 2 is 1.65 bits per heavy atom. The van der Waals surface area contributed by atoms with Crippen LogP contribution in [0.15, 0.2) is 0 Å². The van der Waals surface area contributed by atoms with Crippen molar-refractivity contribution in [2.45, 2.75) is 58.8 Å². The zero-order chi connectivity index (χ0) is 12.3. The number of rotatable bonds is 10. The van der Waals surface area contributed by atoms with E-state index in [0.29, 0.717) is 0 Å². The van der Waals surface area contributed by atoms with Crippen LogP contribution in [0.25, 0.3) is 0 Å². The summed E-state index contributed by atoms with van der Waals surface area (Å²) in [5.41, 5.74) is 0. The van der Waals surface area contributed by atoms with Gasteiger partial charge < -0.3 is 5.32 Å². The average molecular weight is 255 g/mol. The molecular weight excluding hydrogens is 230 g/mol. The van der Waals surface area contributed by atoms with Crippen LogP contribution >= 0.6 is 11.3 Å². The Morgan fingerprint density at radius 1 is 0.941 bits per heavy atom. The van der Waals surface area contributed by atoms with E-state index in [1.165, 1.54) is 35.7 Å². The fraction of sp³-hybridized carbons (Fsp3) is 0.846. The van der Waals surface area contributed by atoms with E-state index in [2.05, 4.69) is 29.4 Å². The third kappa shape index (κ3) is 6.74. The van der Waals surface area contributed by atoms with Gasteiger partial charge in [-0.15, -0.1) is 21.5 Å². The quantitative estimate of drug-likeness (QED) is 0.652. The largest absolute Gasteiger partial charge is 0.317 e. The molecule has 0 bridgehead atoms. The molecule has 98 valence electrons. The first-order valence-corrected chi connectivity index (χ1v) is 7.70. The van der Waals surface area contributed by atoms with Gasteiger partial charge in [-0.2, -0.15) is 0 Å². The van der Waals surface area contributed by atoms with Crippen LogP contribution in [0.3, 0.4) is 0 Å². The first-order valence-electron chi connectivity index (χ1n) is 6.88. The van der Waals surface area contributed by atoms with Gasteiger partial charge in [0.15, 0.2) is 0 Å². The third-order valence-corrected chi connectivity index (χ3v) is 3.79. The minimum Gasteiger partial charge on any atom is -0.317 e. The molecule has 1 heterocycles. The number of nitrogens with zero attached hydrogens (tertiary/aromatic N) is 2. The van der Waals surface area contributed by atoms with Crippen LogP contribution in [0.5, 0.6) is 0 Å². The molecule has 0 aliphatic heterocycles. The zero-order valence-electron chi connectivity index (χ0n) is 11.2. The van der Waals surface area contributed by atoms with Crippen molar-refractivity contribution >= 4 is 11.3 Å². The van der Waals surface area contributed by atoms with Crippen LogP contribution in [-0.2, 0) is 12.8 Å². The molecule has 0 radical (unpaired) electrons. The summed E-state index contributed by atoms with van der Waals surface area (Å²) in [5.74, 6) is 0. The number of aromatic nitrogens is 2. The normalized spacial score (nSPS) is 10.9. The lowest BCUT2D eigenvalue weighted by molar-refractivity contribution is 0.660. The van der Waals surface area contributed by atoms with Gasteiger partial charge in [0.05, 0.1) is 0 Å². The molecule has 17 heavy (non-hydrogen) atoms. The lowest BCUT2D eigenvalue weighted by Crippen LogP contribution is -2.14. The van der Waals surface area contributed by atoms with E-state index in [4.69, 9.17) is 0 Å². The van der Waals surface area contributed by atoms with Crippen molar-refractivity contribution in [3.05, 3.63) is 10.0 Å². The maximum absolute atomic E-state index is 4.26. The fourth-order valence-electron chi connectivity index (χ4n) is 1.73. The molecule has 3 nitrogen and oxygen atoms in total. The molecule has 1 aromatic rings. The summed E-state index contributed by atoms with van der Waals surface area (Å²) >= 11 is 1.80. The highest BCUT2D eigenvalue weighted by molar-refractivity contribution is 7.11. The average Bonchev–Trinajstić information content (AvgIpc) is 2.78. The molecule has 0 aliphatic carbocycles. The van der Waals surface area contributed by atoms with E-state index >= 15 is 0 Å². The first kappa shape index (κ1) is 14.6. The number of hydrogen-bond acceptors (Lipinski definition) is 4. The SMILES string of the molecule is CCCCCCc1nnc(CCCNCC)s1. The highest BCUT2D eigenvalue weighted by atomic mass is 32.1. The predicted molar refractivity (Wildman–Crippen MR) is 74.6 cm³/mol. The molecule has 4 heteroatoms. The second-order valence-electron chi connectivity index (χ2n) is 4.36. The van der Waals surface area contributed by atoms with E-state index in [0.717, 1.165) is 32.4 Å². The molecule has 1 N–H and O–H groups in total. The molecule has 0 spiro atoms. The maximum Gasteiger partial charge on any atom is 0.117 e. The van der Waals surface area contributed by atoms with Gasteiger partial charge in [0, 0.05) is 12.8 Å². The summed E-state index contributed by atoms with van der Waals surface area (Å²) < 4.78 is 0. The monoisotopic (exact) mass is 255 g/mol. The van der Waals surface area contributed by atoms with Crippen LogP contribution in [0.2, 0.25) is 0 Å². The molecule has 0 atom stereocenters. The van der Waals surface area contributed by atoms with Crippen LogP contribution in [-0.4, -0.2) is 23.3 Å². The third-order valence-electron chi connectivity index (χ3n) is 2.75. The second kappa shape index (κ2) is 9.54. The summed E-state index contributed by atoms with van der Waals surface area (Å²) in [7, 11) is 0. The summed E-state index contributed by atoms with van der Waals surface area (Å²) in [4.78, 5) is 0. The van der Waals surface area contributed by atoms with Gasteiger partial charge in [-0.1, -0.05) is 33.1 Å². The lowest BCUT2D eigenvalue weighted by Gasteiger charge is -1.97. The molecular formula is C13H25N3S. The minimum atomic E-state index is 1.05. The highest BCUT2D eigenvalue weighted by Gasteiger charge is 2.03. The summed E-state index contributed by atoms with van der Waals surface area (Å²) in [5, 5.41) is 14.3. The van der Waals surface area contributed by atoms with Crippen molar-refractivity contribution in [2.75, 3.05) is 13.1 Å². The smallest absolute Gasteiger partial charge is 0.117 e. The Morgan fingerprint density at radius 3 is 2.29 bits per heavy atom. The molecule has 1 rings (SSSR count). The van der Waals surface area contributed by atoms with E-state index < -0.39 is 0 Å². The standard InChI is InChI=1S/C13H25N3S/c1-3-5-6-7-9-12-15-16-13(17-12)10-8-11-14-4-2/h14H,3-11H2,1-2H3. The number of nitrogens with one attached hydrogen (secondary N) is 1. The van der Waals surface area contributed by atoms with Gasteiger partial charge >= 0.3 is 0 Å². The second-order valence-corrected chi connectivity index (χ2v) is 5.50. The van der Waals surface area contributed by atoms with E-state index in [1.54, 1.807) is 11.3 Å². The fourth-order valence-corrected chi connectivity index (χ4v) is 2.66. The maximum atomic E-state index is 4.26. The topological polar surface area (TPSA) is 37.8 Å². The predicted octanol–water partition coefficient (Wildman–Crippen LogP) is 3.20. The van der Waals surface area contributed by atoms with Gasteiger partial charge in [-0.05, 0) is 25.9 Å². The van der Waals surface area contributed by atoms with Crippen molar-refractivity contribution in [2.24, 2.45) is 0 Å². The minimum absolute atomic E-state index is 1.05. The Labute approximate surface area is 109 Å². The van der Waals surface area contributed by atoms with Crippen molar-refractivity contribution in [3.63, 3.8) is 0 Å². The van der Waals surface area contributed by atoms with Crippen LogP contribution in [0, 0.1) is 0 Å². The van der Waals surface area contributed by atoms with Crippen molar-refractivity contribution < 1.29 is 0 Å². The zero-order valence-corrected chi connectivity index (χ0v) is 12.0. The number of unbranched alkanes of at least 4 members (excludes halogenated alkanes) is 3. The molecule has 0 fully saturated rings. The Balaban J connectivity index is 2.14. The summed E-state index contributed by atoms with van der Waals surface area (Å²) in [6.07, 6.45) is 8.58. The van der Waals surface area contributed by atoms with Crippen molar-refractivity contribution in [1.29, 1.82) is 0 Å². The highest BCUT2D eigenvalue weighted by Crippen LogP contribution is 2.14. The molecule has 0 aromatic carbocycles. The molecule has 0 saturated carbocycles. The van der Waals surface area contributed by atoms with E-state index in [9.17, 15) is 0 Å². The molecule has 0 unspecified atom stereocenters. The first-order chi connectivity index (χ1) is 8.36. The van der Waals surface area contributed by atoms with Crippen molar-refractivity contribution in [1.82, 2.24) is 15.5 Å². The van der Waals surface area contributed by atoms with Crippen LogP contribution in [0.1, 0.15) is 56.0 Å². The van der Waals surface area contributed by atoms with Gasteiger partial charge in [0.25, 0.3) is 0 Å². The van der Waals surface area contributed by atoms with Crippen LogP contribution in [0.4, 0.5) is 0 Å². The Kier molecular flexibility index (Phi) is 8.18. The Bertz CT molecular complexity index is 259.